The van der Waals surface area contributed by atoms with Crippen LogP contribution in [0.2, 0.25) is 0 Å². The zero-order valence-electron chi connectivity index (χ0n) is 26.7. The largest absolute Gasteiger partial charge is 0.0725 e. The third-order valence-electron chi connectivity index (χ3n) is 11.8. The van der Waals surface area contributed by atoms with E-state index in [9.17, 15) is 0 Å². The molecular formula is C49H28. The Balaban J connectivity index is 1.15. The summed E-state index contributed by atoms with van der Waals surface area (Å²) in [7, 11) is 0. The third-order valence-corrected chi connectivity index (χ3v) is 11.8. The molecule has 0 saturated heterocycles. The molecule has 12 rings (SSSR count). The fraction of sp³-hybridized carbons (Fsp3) is 0.0204. The lowest BCUT2D eigenvalue weighted by atomic mass is 9.70. The van der Waals surface area contributed by atoms with E-state index >= 15 is 0 Å². The molecule has 3 aliphatic rings. The van der Waals surface area contributed by atoms with Crippen molar-refractivity contribution >= 4 is 32.3 Å². The van der Waals surface area contributed by atoms with Crippen LogP contribution in [0.3, 0.4) is 0 Å². The van der Waals surface area contributed by atoms with Crippen LogP contribution in [0.4, 0.5) is 0 Å². The summed E-state index contributed by atoms with van der Waals surface area (Å²) in [6, 6.07) is 64.2. The van der Waals surface area contributed by atoms with Gasteiger partial charge in [-0.1, -0.05) is 152 Å². The molecule has 0 amide bonds. The predicted octanol–water partition coefficient (Wildman–Crippen LogP) is 12.8. The molecule has 0 fully saturated rings. The Bertz CT molecular complexity index is 2890. The van der Waals surface area contributed by atoms with Gasteiger partial charge >= 0.3 is 0 Å². The molecule has 0 heterocycles. The van der Waals surface area contributed by atoms with Gasteiger partial charge in [0.25, 0.3) is 0 Å². The first-order valence-corrected chi connectivity index (χ1v) is 17.3. The molecule has 0 radical (unpaired) electrons. The van der Waals surface area contributed by atoms with Crippen molar-refractivity contribution in [1.29, 1.82) is 0 Å². The number of hydrogen-bond donors (Lipinski definition) is 0. The van der Waals surface area contributed by atoms with Crippen molar-refractivity contribution in [1.82, 2.24) is 0 Å². The van der Waals surface area contributed by atoms with Gasteiger partial charge in [-0.3, -0.25) is 0 Å². The van der Waals surface area contributed by atoms with Gasteiger partial charge in [0.2, 0.25) is 0 Å². The molecule has 224 valence electrons. The monoisotopic (exact) mass is 616 g/mol. The quantitative estimate of drug-likeness (QED) is 0.161. The molecule has 49 heavy (non-hydrogen) atoms. The van der Waals surface area contributed by atoms with E-state index in [4.69, 9.17) is 0 Å². The van der Waals surface area contributed by atoms with Crippen LogP contribution in [0.5, 0.6) is 0 Å². The smallest absolute Gasteiger partial charge is 0.0619 e. The minimum absolute atomic E-state index is 0.362. The minimum atomic E-state index is -0.362. The molecule has 0 bridgehead atoms. The number of fused-ring (bicyclic) bond motifs is 17. The Morgan fingerprint density at radius 1 is 0.286 bits per heavy atom. The number of rotatable bonds is 1. The first kappa shape index (κ1) is 25.8. The van der Waals surface area contributed by atoms with Gasteiger partial charge in [0, 0.05) is 0 Å². The van der Waals surface area contributed by atoms with Crippen LogP contribution in [0.15, 0.2) is 170 Å². The molecule has 9 aromatic carbocycles. The van der Waals surface area contributed by atoms with Crippen LogP contribution in [0.1, 0.15) is 22.3 Å². The fourth-order valence-electron chi connectivity index (χ4n) is 9.86. The van der Waals surface area contributed by atoms with E-state index in [1.807, 2.05) is 0 Å². The first-order chi connectivity index (χ1) is 24.3. The number of benzene rings is 9. The Hall–Kier alpha value is -6.24. The molecule has 0 saturated carbocycles. The first-order valence-electron chi connectivity index (χ1n) is 17.3. The summed E-state index contributed by atoms with van der Waals surface area (Å²) in [6.45, 7) is 0. The lowest BCUT2D eigenvalue weighted by Gasteiger charge is -2.30. The second-order valence-corrected chi connectivity index (χ2v) is 13.9. The van der Waals surface area contributed by atoms with E-state index in [-0.39, 0.29) is 5.41 Å². The van der Waals surface area contributed by atoms with Gasteiger partial charge in [-0.15, -0.1) is 0 Å². The van der Waals surface area contributed by atoms with Crippen LogP contribution in [0.25, 0.3) is 88.0 Å². The summed E-state index contributed by atoms with van der Waals surface area (Å²) >= 11 is 0. The van der Waals surface area contributed by atoms with Crippen molar-refractivity contribution < 1.29 is 0 Å². The van der Waals surface area contributed by atoms with Gasteiger partial charge in [-0.05, 0) is 128 Å². The van der Waals surface area contributed by atoms with E-state index in [0.29, 0.717) is 0 Å². The molecule has 0 unspecified atom stereocenters. The molecule has 1 spiro atoms. The van der Waals surface area contributed by atoms with Gasteiger partial charge in [-0.25, -0.2) is 0 Å². The maximum Gasteiger partial charge on any atom is 0.0725 e. The normalized spacial score (nSPS) is 13.9. The van der Waals surface area contributed by atoms with Crippen molar-refractivity contribution in [2.24, 2.45) is 0 Å². The molecule has 0 heteroatoms. The highest BCUT2D eigenvalue weighted by Gasteiger charge is 2.52. The average Bonchev–Trinajstić information content (AvgIpc) is 3.77. The Morgan fingerprint density at radius 2 is 0.857 bits per heavy atom. The Kier molecular flexibility index (Phi) is 4.74. The zero-order valence-corrected chi connectivity index (χ0v) is 26.7. The summed E-state index contributed by atoms with van der Waals surface area (Å²) in [4.78, 5) is 0. The third kappa shape index (κ3) is 3.07. The maximum atomic E-state index is 2.57. The maximum absolute atomic E-state index is 2.57. The van der Waals surface area contributed by atoms with Gasteiger partial charge < -0.3 is 0 Å². The molecule has 0 nitrogen and oxygen atoms in total. The van der Waals surface area contributed by atoms with Gasteiger partial charge in [-0.2, -0.15) is 0 Å². The highest BCUT2D eigenvalue weighted by Crippen LogP contribution is 2.65. The van der Waals surface area contributed by atoms with Crippen LogP contribution in [-0.4, -0.2) is 0 Å². The van der Waals surface area contributed by atoms with Gasteiger partial charge in [0.1, 0.15) is 0 Å². The van der Waals surface area contributed by atoms with E-state index in [1.54, 1.807) is 0 Å². The Morgan fingerprint density at radius 3 is 1.65 bits per heavy atom. The van der Waals surface area contributed by atoms with Crippen molar-refractivity contribution in [3.63, 3.8) is 0 Å². The SMILES string of the molecule is c1ccc2c(c1)-c1ccccc1C21c2ccccc2-c2c1cc1c3c(cccc23)-c2ccc(-c3ccc4ccc5ccccc5c4c3)cc2-1. The molecule has 0 N–H and O–H groups in total. The fourth-order valence-corrected chi connectivity index (χ4v) is 9.86. The van der Waals surface area contributed by atoms with E-state index in [2.05, 4.69) is 170 Å². The van der Waals surface area contributed by atoms with Crippen molar-refractivity contribution in [3.8, 4) is 55.6 Å². The molecule has 3 aliphatic carbocycles. The Labute approximate surface area is 284 Å². The highest BCUT2D eigenvalue weighted by atomic mass is 14.5. The molecule has 0 aliphatic heterocycles. The summed E-state index contributed by atoms with van der Waals surface area (Å²) in [5.74, 6) is 0. The van der Waals surface area contributed by atoms with Crippen LogP contribution in [-0.2, 0) is 5.41 Å². The molecule has 0 atom stereocenters. The lowest BCUT2D eigenvalue weighted by Crippen LogP contribution is -2.25. The highest BCUT2D eigenvalue weighted by molar-refractivity contribution is 6.21. The zero-order chi connectivity index (χ0) is 31.8. The standard InChI is InChI=1S/C49H28/c1-2-11-33-29(10-1)20-21-30-22-23-31(26-40(30)33)32-24-25-34-37-15-9-16-39-47(37)42(41(34)27-32)28-46-48(39)38-14-5-8-19-45(38)49(46)43-17-6-3-12-35(43)36-13-4-7-18-44(36)49/h1-28H. The summed E-state index contributed by atoms with van der Waals surface area (Å²) in [6.07, 6.45) is 0. The second kappa shape index (κ2) is 9.01. The van der Waals surface area contributed by atoms with E-state index in [1.165, 1.54) is 110 Å². The molecular weight excluding hydrogens is 589 g/mol. The summed E-state index contributed by atoms with van der Waals surface area (Å²) in [5, 5.41) is 7.89. The van der Waals surface area contributed by atoms with Gasteiger partial charge in [0.05, 0.1) is 5.41 Å². The van der Waals surface area contributed by atoms with E-state index in [0.717, 1.165) is 0 Å². The van der Waals surface area contributed by atoms with Gasteiger partial charge in [0.15, 0.2) is 0 Å². The predicted molar refractivity (Wildman–Crippen MR) is 205 cm³/mol. The second-order valence-electron chi connectivity index (χ2n) is 13.9. The topological polar surface area (TPSA) is 0 Å². The summed E-state index contributed by atoms with van der Waals surface area (Å²) in [5.41, 5.74) is 18.5. The lowest BCUT2D eigenvalue weighted by molar-refractivity contribution is 0.795. The molecule has 9 aromatic rings. The van der Waals surface area contributed by atoms with Crippen molar-refractivity contribution in [2.75, 3.05) is 0 Å². The average molecular weight is 617 g/mol. The van der Waals surface area contributed by atoms with Crippen molar-refractivity contribution in [2.45, 2.75) is 5.41 Å². The van der Waals surface area contributed by atoms with Crippen LogP contribution >= 0.6 is 0 Å². The minimum Gasteiger partial charge on any atom is -0.0619 e. The number of hydrogen-bond acceptors (Lipinski definition) is 0. The van der Waals surface area contributed by atoms with Crippen LogP contribution in [0, 0.1) is 0 Å². The summed E-state index contributed by atoms with van der Waals surface area (Å²) < 4.78 is 0. The molecule has 0 aromatic heterocycles. The van der Waals surface area contributed by atoms with Crippen molar-refractivity contribution in [3.05, 3.63) is 192 Å². The van der Waals surface area contributed by atoms with E-state index < -0.39 is 0 Å². The van der Waals surface area contributed by atoms with Crippen LogP contribution < -0.4 is 0 Å².